The quantitative estimate of drug-likeness (QED) is 0.370. The molecule has 0 bridgehead atoms. The first-order valence-electron chi connectivity index (χ1n) is 18.4. The van der Waals surface area contributed by atoms with Gasteiger partial charge in [-0.1, -0.05) is 29.8 Å². The fourth-order valence-electron chi connectivity index (χ4n) is 8.44. The van der Waals surface area contributed by atoms with Gasteiger partial charge >= 0.3 is 12.1 Å². The minimum Gasteiger partial charge on any atom is -0.436 e. The summed E-state index contributed by atoms with van der Waals surface area (Å²) in [6.45, 7) is 7.30. The van der Waals surface area contributed by atoms with Gasteiger partial charge in [0, 0.05) is 94.5 Å². The number of nitrogens with zero attached hydrogens (tertiary/aromatic N) is 6. The van der Waals surface area contributed by atoms with Crippen LogP contribution in [0.2, 0.25) is 5.02 Å². The van der Waals surface area contributed by atoms with Gasteiger partial charge in [0.25, 0.3) is 5.91 Å². The van der Waals surface area contributed by atoms with Crippen LogP contribution >= 0.6 is 11.6 Å². The molecule has 0 spiro atoms. The third kappa shape index (κ3) is 7.15. The number of anilines is 1. The molecule has 8 rings (SSSR count). The Kier molecular flexibility index (Phi) is 9.58. The smallest absolute Gasteiger partial charge is 0.410 e. The van der Waals surface area contributed by atoms with Crippen LogP contribution in [-0.4, -0.2) is 136 Å². The van der Waals surface area contributed by atoms with Crippen molar-refractivity contribution in [1.29, 1.82) is 0 Å². The lowest BCUT2D eigenvalue weighted by Gasteiger charge is -2.43. The number of para-hydroxylation sites is 1. The second-order valence-electron chi connectivity index (χ2n) is 14.6. The highest BCUT2D eigenvalue weighted by Gasteiger charge is 2.38. The van der Waals surface area contributed by atoms with E-state index in [4.69, 9.17) is 16.3 Å². The molecule has 3 saturated heterocycles. The zero-order chi connectivity index (χ0) is 34.2. The van der Waals surface area contributed by atoms with Crippen molar-refractivity contribution in [3.8, 4) is 0 Å². The van der Waals surface area contributed by atoms with Gasteiger partial charge in [0.05, 0.1) is 16.7 Å². The molecule has 1 saturated carbocycles. The number of carbonyl (C=O) groups excluding carboxylic acids is 3. The number of amides is 4. The summed E-state index contributed by atoms with van der Waals surface area (Å²) in [4.78, 5) is 51.7. The summed E-state index contributed by atoms with van der Waals surface area (Å²) >= 11 is 6.56. The molecule has 4 amide bonds. The summed E-state index contributed by atoms with van der Waals surface area (Å²) in [7, 11) is 0. The fourth-order valence-corrected chi connectivity index (χ4v) is 8.73. The van der Waals surface area contributed by atoms with Crippen LogP contribution in [0.15, 0.2) is 42.6 Å². The van der Waals surface area contributed by atoms with Gasteiger partial charge < -0.3 is 24.8 Å². The number of rotatable bonds is 7. The number of aromatic amines is 1. The molecule has 5 heterocycles. The maximum absolute atomic E-state index is 14.2. The van der Waals surface area contributed by atoms with Gasteiger partial charge in [-0.2, -0.15) is 5.10 Å². The number of hydrogen-bond donors (Lipinski definition) is 2. The summed E-state index contributed by atoms with van der Waals surface area (Å²) in [5.41, 5.74) is 3.54. The zero-order valence-corrected chi connectivity index (χ0v) is 29.3. The highest BCUT2D eigenvalue weighted by Crippen LogP contribution is 2.30. The molecule has 0 radical (unpaired) electrons. The Morgan fingerprint density at radius 2 is 1.50 bits per heavy atom. The van der Waals surface area contributed by atoms with Crippen molar-refractivity contribution in [3.63, 3.8) is 0 Å². The monoisotopic (exact) mass is 702 g/mol. The number of nitrogens with one attached hydrogen (secondary N) is 2. The van der Waals surface area contributed by atoms with E-state index in [9.17, 15) is 14.4 Å². The highest BCUT2D eigenvalue weighted by molar-refractivity contribution is 6.35. The van der Waals surface area contributed by atoms with E-state index in [-0.39, 0.29) is 24.4 Å². The lowest BCUT2D eigenvalue weighted by molar-refractivity contribution is -0.142. The third-order valence-electron chi connectivity index (χ3n) is 11.5. The Hall–Kier alpha value is -3.87. The van der Waals surface area contributed by atoms with Crippen molar-refractivity contribution in [2.24, 2.45) is 0 Å². The van der Waals surface area contributed by atoms with Gasteiger partial charge in [0.2, 0.25) is 0 Å². The van der Waals surface area contributed by atoms with Crippen molar-refractivity contribution in [2.45, 2.75) is 75.6 Å². The minimum atomic E-state index is -0.978. The van der Waals surface area contributed by atoms with Crippen LogP contribution in [0.1, 0.15) is 49.7 Å². The largest absolute Gasteiger partial charge is 0.436 e. The number of halogens is 1. The number of piperazine rings is 1. The van der Waals surface area contributed by atoms with Crippen LogP contribution in [-0.2, 0) is 22.4 Å². The lowest BCUT2D eigenvalue weighted by atomic mass is 10.00. The van der Waals surface area contributed by atoms with E-state index in [0.29, 0.717) is 56.6 Å². The lowest BCUT2D eigenvalue weighted by Crippen LogP contribution is -2.55. The Labute approximate surface area is 298 Å². The van der Waals surface area contributed by atoms with E-state index in [2.05, 4.69) is 31.4 Å². The molecule has 1 atom stereocenters. The number of carbonyl (C=O) groups is 3. The van der Waals surface area contributed by atoms with Crippen LogP contribution in [0.3, 0.4) is 0 Å². The molecule has 50 heavy (non-hydrogen) atoms. The predicted molar refractivity (Wildman–Crippen MR) is 191 cm³/mol. The van der Waals surface area contributed by atoms with Gasteiger partial charge in [-0.15, -0.1) is 0 Å². The third-order valence-corrected chi connectivity index (χ3v) is 11.8. The van der Waals surface area contributed by atoms with Crippen molar-refractivity contribution in [3.05, 3.63) is 58.7 Å². The molecule has 5 aliphatic rings. The molecule has 12 nitrogen and oxygen atoms in total. The molecule has 0 unspecified atom stereocenters. The first-order chi connectivity index (χ1) is 24.4. The van der Waals surface area contributed by atoms with Crippen LogP contribution in [0.5, 0.6) is 0 Å². The number of benzene rings is 2. The van der Waals surface area contributed by atoms with E-state index in [0.717, 1.165) is 79.2 Å². The maximum atomic E-state index is 14.2. The number of aromatic nitrogens is 2. The van der Waals surface area contributed by atoms with Crippen molar-refractivity contribution in [2.75, 3.05) is 64.2 Å². The fraction of sp³-hybridized carbons (Fsp3) is 0.568. The summed E-state index contributed by atoms with van der Waals surface area (Å²) < 4.78 is 6.11. The summed E-state index contributed by atoms with van der Waals surface area (Å²) in [6, 6.07) is 12.9. The average molecular weight is 703 g/mol. The average Bonchev–Trinajstić information content (AvgIpc) is 3.91. The summed E-state index contributed by atoms with van der Waals surface area (Å²) in [6.07, 6.45) is 7.07. The van der Waals surface area contributed by atoms with Gasteiger partial charge in [-0.3, -0.25) is 19.7 Å². The molecule has 4 fully saturated rings. The second kappa shape index (κ2) is 14.4. The van der Waals surface area contributed by atoms with Crippen molar-refractivity contribution < 1.29 is 19.1 Å². The van der Waals surface area contributed by atoms with Gasteiger partial charge in [0.15, 0.2) is 6.10 Å². The normalized spacial score (nSPS) is 22.3. The molecule has 3 aromatic rings. The number of likely N-dealkylation sites (tertiary alicyclic amines) is 2. The van der Waals surface area contributed by atoms with Crippen molar-refractivity contribution in [1.82, 2.24) is 34.7 Å². The molecule has 2 aromatic carbocycles. The van der Waals surface area contributed by atoms with E-state index in [1.165, 1.54) is 12.8 Å². The van der Waals surface area contributed by atoms with Crippen molar-refractivity contribution >= 4 is 46.2 Å². The Bertz CT molecular complexity index is 1710. The molecular formula is C37H47ClN8O4. The molecule has 1 aromatic heterocycles. The first kappa shape index (κ1) is 33.3. The van der Waals surface area contributed by atoms with Crippen LogP contribution in [0.4, 0.5) is 15.3 Å². The van der Waals surface area contributed by atoms with Gasteiger partial charge in [0.1, 0.15) is 0 Å². The second-order valence-corrected chi connectivity index (χ2v) is 15.0. The Morgan fingerprint density at radius 1 is 0.840 bits per heavy atom. The van der Waals surface area contributed by atoms with Crippen LogP contribution in [0, 0.1) is 0 Å². The van der Waals surface area contributed by atoms with Gasteiger partial charge in [-0.05, 0) is 74.3 Å². The molecule has 4 aliphatic heterocycles. The number of H-pyrrole nitrogens is 1. The molecule has 13 heteroatoms. The van der Waals surface area contributed by atoms with E-state index in [1.807, 2.05) is 40.1 Å². The topological polar surface area (TPSA) is 117 Å². The van der Waals surface area contributed by atoms with Gasteiger partial charge in [-0.25, -0.2) is 9.59 Å². The van der Waals surface area contributed by atoms with Crippen LogP contribution < -0.4 is 5.32 Å². The number of ether oxygens (including phenoxy) is 1. The van der Waals surface area contributed by atoms with E-state index in [1.54, 1.807) is 11.1 Å². The summed E-state index contributed by atoms with van der Waals surface area (Å²) in [5, 5.41) is 11.4. The first-order valence-corrected chi connectivity index (χ1v) is 18.8. The minimum absolute atomic E-state index is 0.0209. The number of piperidine rings is 2. The molecule has 2 N–H and O–H groups in total. The zero-order valence-electron chi connectivity index (χ0n) is 28.6. The van der Waals surface area contributed by atoms with E-state index < -0.39 is 12.2 Å². The number of fused-ring (bicyclic) bond motifs is 2. The predicted octanol–water partition coefficient (Wildman–Crippen LogP) is 4.59. The number of urea groups is 1. The Balaban J connectivity index is 0.901. The molecule has 1 aliphatic carbocycles. The highest BCUT2D eigenvalue weighted by atomic mass is 35.5. The van der Waals surface area contributed by atoms with Crippen LogP contribution in [0.25, 0.3) is 10.9 Å². The number of hydrogen-bond acceptors (Lipinski definition) is 7. The Morgan fingerprint density at radius 3 is 2.22 bits per heavy atom. The molecular weight excluding hydrogens is 656 g/mol. The molecule has 266 valence electrons. The SMILES string of the molecule is O=C(O[C@H](Cc1cc(Cl)c2[nH]ncc2c1)C(=O)N1CCC(N2CCN(C3CC3)CC2)CC1)N1CCC(N2CCc3ccccc3NC2=O)CC1. The maximum Gasteiger partial charge on any atom is 0.410 e. The van der Waals surface area contributed by atoms with E-state index >= 15 is 0 Å². The standard InChI is InChI=1S/C37H47ClN8O4/c38-31-22-25(21-27-24-39-41-34(27)31)23-33(35(47)44-12-8-29(9-13-44)43-19-17-42(18-20-43)28-5-6-28)50-37(49)45-14-10-30(11-15-45)46-16-7-26-3-1-2-4-32(26)40-36(46)48/h1-4,21-22,24,28-30,33H,5-20,23H2,(H,39,41)(H,40,48)/t33-/m1/s1. The summed E-state index contributed by atoms with van der Waals surface area (Å²) in [5.74, 6) is -0.158.